The minimum atomic E-state index is -0.505. The van der Waals surface area contributed by atoms with E-state index in [0.717, 1.165) is 28.2 Å². The number of nitrogens with one attached hydrogen (secondary N) is 1. The molecular weight excluding hydrogens is 413 g/mol. The molecule has 2 aromatic carbocycles. The van der Waals surface area contributed by atoms with Crippen molar-refractivity contribution in [1.82, 2.24) is 19.6 Å². The van der Waals surface area contributed by atoms with Crippen molar-refractivity contribution in [3.05, 3.63) is 71.1 Å². The van der Waals surface area contributed by atoms with E-state index in [9.17, 15) is 9.18 Å². The highest BCUT2D eigenvalue weighted by atomic mass is 19.1. The number of aromatic amines is 1. The number of anilines is 1. The average Bonchev–Trinajstić information content (AvgIpc) is 3.39. The van der Waals surface area contributed by atoms with Crippen molar-refractivity contribution in [3.8, 4) is 22.4 Å². The number of aromatic nitrogens is 4. The Morgan fingerprint density at radius 3 is 2.59 bits per heavy atom. The molecule has 8 nitrogen and oxygen atoms in total. The Morgan fingerprint density at radius 1 is 1.00 bits per heavy atom. The number of ether oxygens (including phenoxy) is 1. The summed E-state index contributed by atoms with van der Waals surface area (Å²) in [6, 6.07) is 13.7. The summed E-state index contributed by atoms with van der Waals surface area (Å²) in [6.45, 7) is 2.68. The molecule has 0 bridgehead atoms. The van der Waals surface area contributed by atoms with Gasteiger partial charge in [-0.05, 0) is 48.0 Å². The fourth-order valence-corrected chi connectivity index (χ4v) is 4.14. The van der Waals surface area contributed by atoms with Crippen LogP contribution in [0.15, 0.2) is 63.9 Å². The zero-order valence-electron chi connectivity index (χ0n) is 16.9. The SMILES string of the molecule is O=c1[nH]c2ccc(-c3c(-c4ccc(F)cc4)nn4c(N5CCOCC5)nccc34)cc2o1. The molecule has 0 spiro atoms. The van der Waals surface area contributed by atoms with Crippen molar-refractivity contribution in [2.24, 2.45) is 0 Å². The van der Waals surface area contributed by atoms with E-state index in [-0.39, 0.29) is 5.82 Å². The van der Waals surface area contributed by atoms with Gasteiger partial charge in [-0.15, -0.1) is 0 Å². The molecule has 1 fully saturated rings. The maximum atomic E-state index is 13.6. The van der Waals surface area contributed by atoms with Crippen LogP contribution < -0.4 is 10.7 Å². The first-order chi connectivity index (χ1) is 15.7. The molecule has 160 valence electrons. The molecule has 1 aliphatic heterocycles. The maximum Gasteiger partial charge on any atom is 0.417 e. The molecule has 0 saturated carbocycles. The molecule has 0 aliphatic carbocycles. The third-order valence-electron chi connectivity index (χ3n) is 5.65. The summed E-state index contributed by atoms with van der Waals surface area (Å²) in [5.74, 6) is -0.102. The Hall–Kier alpha value is -3.98. The number of hydrogen-bond donors (Lipinski definition) is 1. The summed E-state index contributed by atoms with van der Waals surface area (Å²) < 4.78 is 26.2. The zero-order valence-corrected chi connectivity index (χ0v) is 16.9. The van der Waals surface area contributed by atoms with Crippen LogP contribution in [0.2, 0.25) is 0 Å². The van der Waals surface area contributed by atoms with Gasteiger partial charge in [0.05, 0.1) is 24.2 Å². The third-order valence-corrected chi connectivity index (χ3v) is 5.65. The summed E-state index contributed by atoms with van der Waals surface area (Å²) in [5.41, 5.74) is 5.05. The molecule has 5 aromatic rings. The first-order valence-electron chi connectivity index (χ1n) is 10.3. The molecule has 1 N–H and O–H groups in total. The Labute approximate surface area is 180 Å². The van der Waals surface area contributed by atoms with Crippen molar-refractivity contribution in [1.29, 1.82) is 0 Å². The number of hydrogen-bond acceptors (Lipinski definition) is 6. The first kappa shape index (κ1) is 18.8. The molecule has 0 atom stereocenters. The highest BCUT2D eigenvalue weighted by molar-refractivity contribution is 5.95. The van der Waals surface area contributed by atoms with Gasteiger partial charge < -0.3 is 14.1 Å². The summed E-state index contributed by atoms with van der Waals surface area (Å²) in [4.78, 5) is 21.0. The Kier molecular flexibility index (Phi) is 4.29. The van der Waals surface area contributed by atoms with E-state index >= 15 is 0 Å². The van der Waals surface area contributed by atoms with Crippen LogP contribution in [0.3, 0.4) is 0 Å². The van der Waals surface area contributed by atoms with Crippen LogP contribution in [0.5, 0.6) is 0 Å². The summed E-state index contributed by atoms with van der Waals surface area (Å²) in [7, 11) is 0. The maximum absolute atomic E-state index is 13.6. The number of rotatable bonds is 3. The molecule has 0 amide bonds. The normalized spacial score (nSPS) is 14.5. The predicted molar refractivity (Wildman–Crippen MR) is 117 cm³/mol. The van der Waals surface area contributed by atoms with Crippen molar-refractivity contribution in [2.45, 2.75) is 0 Å². The van der Waals surface area contributed by atoms with Crippen molar-refractivity contribution < 1.29 is 13.5 Å². The lowest BCUT2D eigenvalue weighted by atomic mass is 9.99. The molecular formula is C23H18FN5O3. The molecule has 1 aliphatic rings. The fraction of sp³-hybridized carbons (Fsp3) is 0.174. The largest absolute Gasteiger partial charge is 0.417 e. The van der Waals surface area contributed by atoms with Crippen molar-refractivity contribution in [3.63, 3.8) is 0 Å². The van der Waals surface area contributed by atoms with Gasteiger partial charge in [-0.1, -0.05) is 6.07 Å². The topological polar surface area (TPSA) is 88.7 Å². The van der Waals surface area contributed by atoms with Gasteiger partial charge in [0.25, 0.3) is 0 Å². The van der Waals surface area contributed by atoms with Crippen LogP contribution in [0, 0.1) is 5.82 Å². The van der Waals surface area contributed by atoms with E-state index in [1.54, 1.807) is 24.4 Å². The van der Waals surface area contributed by atoms with E-state index in [1.165, 1.54) is 12.1 Å². The highest BCUT2D eigenvalue weighted by Gasteiger charge is 2.22. The zero-order chi connectivity index (χ0) is 21.7. The minimum Gasteiger partial charge on any atom is -0.408 e. The minimum absolute atomic E-state index is 0.315. The lowest BCUT2D eigenvalue weighted by Gasteiger charge is -2.27. The van der Waals surface area contributed by atoms with Gasteiger partial charge in [0.1, 0.15) is 11.5 Å². The number of H-pyrrole nitrogens is 1. The molecule has 0 radical (unpaired) electrons. The van der Waals surface area contributed by atoms with Gasteiger partial charge in [0, 0.05) is 30.4 Å². The standard InChI is InChI=1S/C23H18FN5O3/c24-16-4-1-14(2-5-16)21-20(15-3-6-17-19(13-15)32-23(30)26-17)18-7-8-25-22(29(18)27-21)28-9-11-31-12-10-28/h1-8,13H,9-12H2,(H,26,30). The lowest BCUT2D eigenvalue weighted by Crippen LogP contribution is -2.38. The van der Waals surface area contributed by atoms with Crippen LogP contribution in [0.25, 0.3) is 39.0 Å². The molecule has 0 unspecified atom stereocenters. The van der Waals surface area contributed by atoms with E-state index in [4.69, 9.17) is 14.3 Å². The van der Waals surface area contributed by atoms with Gasteiger partial charge >= 0.3 is 5.76 Å². The lowest BCUT2D eigenvalue weighted by molar-refractivity contribution is 0.122. The van der Waals surface area contributed by atoms with Gasteiger partial charge in [0.15, 0.2) is 5.58 Å². The van der Waals surface area contributed by atoms with Crippen molar-refractivity contribution >= 4 is 22.6 Å². The quantitative estimate of drug-likeness (QED) is 0.471. The van der Waals surface area contributed by atoms with Gasteiger partial charge in [-0.25, -0.2) is 14.2 Å². The number of nitrogens with zero attached hydrogens (tertiary/aromatic N) is 4. The number of morpholine rings is 1. The summed E-state index contributed by atoms with van der Waals surface area (Å²) in [5, 5.41) is 4.90. The smallest absolute Gasteiger partial charge is 0.408 e. The average molecular weight is 431 g/mol. The first-order valence-corrected chi connectivity index (χ1v) is 10.3. The Morgan fingerprint density at radius 2 is 1.78 bits per heavy atom. The molecule has 9 heteroatoms. The van der Waals surface area contributed by atoms with E-state index in [2.05, 4.69) is 14.9 Å². The Bertz CT molecular complexity index is 1500. The van der Waals surface area contributed by atoms with Crippen LogP contribution in [-0.2, 0) is 4.74 Å². The van der Waals surface area contributed by atoms with Crippen LogP contribution in [0.4, 0.5) is 10.3 Å². The Balaban J connectivity index is 1.62. The predicted octanol–water partition coefficient (Wildman–Crippen LogP) is 3.47. The number of benzene rings is 2. The van der Waals surface area contributed by atoms with Crippen molar-refractivity contribution in [2.75, 3.05) is 31.2 Å². The summed E-state index contributed by atoms with van der Waals surface area (Å²) in [6.07, 6.45) is 1.76. The number of oxazole rings is 1. The molecule has 1 saturated heterocycles. The molecule has 6 rings (SSSR count). The second-order valence-corrected chi connectivity index (χ2v) is 7.60. The molecule has 4 heterocycles. The van der Waals surface area contributed by atoms with Gasteiger partial charge in [-0.3, -0.25) is 4.98 Å². The van der Waals surface area contributed by atoms with Crippen LogP contribution >= 0.6 is 0 Å². The van der Waals surface area contributed by atoms with Gasteiger partial charge in [0.2, 0.25) is 5.95 Å². The second-order valence-electron chi connectivity index (χ2n) is 7.60. The number of halogens is 1. The number of fused-ring (bicyclic) bond motifs is 2. The summed E-state index contributed by atoms with van der Waals surface area (Å²) >= 11 is 0. The third kappa shape index (κ3) is 3.05. The van der Waals surface area contributed by atoms with E-state index < -0.39 is 5.76 Å². The second kappa shape index (κ2) is 7.31. The van der Waals surface area contributed by atoms with E-state index in [0.29, 0.717) is 43.1 Å². The highest BCUT2D eigenvalue weighted by Crippen LogP contribution is 2.37. The van der Waals surface area contributed by atoms with Gasteiger partial charge in [-0.2, -0.15) is 9.61 Å². The van der Waals surface area contributed by atoms with Crippen LogP contribution in [-0.4, -0.2) is 45.9 Å². The van der Waals surface area contributed by atoms with Crippen LogP contribution in [0.1, 0.15) is 0 Å². The molecule has 32 heavy (non-hydrogen) atoms. The monoisotopic (exact) mass is 431 g/mol. The fourth-order valence-electron chi connectivity index (χ4n) is 4.14. The van der Waals surface area contributed by atoms with E-state index in [1.807, 2.05) is 22.7 Å². The molecule has 3 aromatic heterocycles.